The molecule has 1 aliphatic rings. The first-order valence-corrected chi connectivity index (χ1v) is 11.6. The van der Waals surface area contributed by atoms with Gasteiger partial charge in [0.2, 0.25) is 6.79 Å². The van der Waals surface area contributed by atoms with Crippen molar-refractivity contribution in [3.05, 3.63) is 75.6 Å². The summed E-state index contributed by atoms with van der Waals surface area (Å²) in [7, 11) is 0. The van der Waals surface area contributed by atoms with Crippen LogP contribution in [0.2, 0.25) is 0 Å². The Kier molecular flexibility index (Phi) is 7.00. The molecule has 1 aliphatic heterocycles. The zero-order valence-electron chi connectivity index (χ0n) is 20.8. The van der Waals surface area contributed by atoms with Gasteiger partial charge in [0.15, 0.2) is 11.5 Å². The molecular formula is C27H31N3O5. The van der Waals surface area contributed by atoms with Gasteiger partial charge in [0.25, 0.3) is 0 Å². The van der Waals surface area contributed by atoms with Gasteiger partial charge in [-0.3, -0.25) is 0 Å². The number of H-pyrrole nitrogens is 1. The SMILES string of the molecule is CCOC(=O)c1c(C)[nH]c(CN(Cc2ccc3c(c2)OCO3)C(=O)Nc2ccc(C)c(C)c2)c1C. The number of rotatable bonds is 7. The van der Waals surface area contributed by atoms with Crippen molar-refractivity contribution in [3.63, 3.8) is 0 Å². The van der Waals surface area contributed by atoms with Crippen LogP contribution in [0.1, 0.15) is 50.9 Å². The van der Waals surface area contributed by atoms with Crippen molar-refractivity contribution in [2.24, 2.45) is 0 Å². The number of carbonyl (C=O) groups excluding carboxylic acids is 2. The normalized spacial score (nSPS) is 11.9. The van der Waals surface area contributed by atoms with Crippen LogP contribution in [0.3, 0.4) is 0 Å². The Morgan fingerprint density at radius 3 is 2.51 bits per heavy atom. The number of aromatic nitrogens is 1. The van der Waals surface area contributed by atoms with Gasteiger partial charge in [-0.25, -0.2) is 9.59 Å². The fourth-order valence-electron chi connectivity index (χ4n) is 4.15. The Morgan fingerprint density at radius 2 is 1.77 bits per heavy atom. The molecule has 0 radical (unpaired) electrons. The first-order chi connectivity index (χ1) is 16.8. The molecule has 4 rings (SSSR count). The zero-order chi connectivity index (χ0) is 25.1. The van der Waals surface area contributed by atoms with Crippen molar-refractivity contribution in [1.82, 2.24) is 9.88 Å². The molecule has 2 aromatic carbocycles. The number of amides is 2. The number of fused-ring (bicyclic) bond motifs is 1. The van der Waals surface area contributed by atoms with Gasteiger partial charge in [-0.05, 0) is 81.1 Å². The van der Waals surface area contributed by atoms with Gasteiger partial charge >= 0.3 is 12.0 Å². The lowest BCUT2D eigenvalue weighted by Crippen LogP contribution is -2.34. The molecule has 184 valence electrons. The molecule has 0 saturated carbocycles. The van der Waals surface area contributed by atoms with Gasteiger partial charge in [0, 0.05) is 23.6 Å². The lowest BCUT2D eigenvalue weighted by Gasteiger charge is -2.24. The van der Waals surface area contributed by atoms with E-state index in [0.29, 0.717) is 35.9 Å². The summed E-state index contributed by atoms with van der Waals surface area (Å²) < 4.78 is 16.1. The number of esters is 1. The summed E-state index contributed by atoms with van der Waals surface area (Å²) in [6, 6.07) is 11.2. The van der Waals surface area contributed by atoms with Crippen molar-refractivity contribution < 1.29 is 23.8 Å². The quantitative estimate of drug-likeness (QED) is 0.445. The van der Waals surface area contributed by atoms with E-state index in [9.17, 15) is 9.59 Å². The molecule has 1 aromatic heterocycles. The Bertz CT molecular complexity index is 1260. The third-order valence-corrected chi connectivity index (χ3v) is 6.23. The summed E-state index contributed by atoms with van der Waals surface area (Å²) in [5.41, 5.74) is 6.66. The summed E-state index contributed by atoms with van der Waals surface area (Å²) >= 11 is 0. The van der Waals surface area contributed by atoms with Crippen LogP contribution >= 0.6 is 0 Å². The second-order valence-electron chi connectivity index (χ2n) is 8.72. The van der Waals surface area contributed by atoms with Gasteiger partial charge in [-0.15, -0.1) is 0 Å². The topological polar surface area (TPSA) is 92.9 Å². The van der Waals surface area contributed by atoms with Crippen LogP contribution in [0.25, 0.3) is 0 Å². The highest BCUT2D eigenvalue weighted by molar-refractivity contribution is 5.93. The number of benzene rings is 2. The summed E-state index contributed by atoms with van der Waals surface area (Å²) in [4.78, 5) is 30.9. The standard InChI is InChI=1S/C27H31N3O5/c1-6-33-26(31)25-18(4)22(28-19(25)5)14-30(13-20-8-10-23-24(12-20)35-15-34-23)27(32)29-21-9-7-16(2)17(3)11-21/h7-12,28H,6,13-15H2,1-5H3,(H,29,32). The van der Waals surface area contributed by atoms with Crippen molar-refractivity contribution in [1.29, 1.82) is 0 Å². The fraction of sp³-hybridized carbons (Fsp3) is 0.333. The van der Waals surface area contributed by atoms with Crippen LogP contribution in [-0.4, -0.2) is 35.3 Å². The number of urea groups is 1. The van der Waals surface area contributed by atoms with Gasteiger partial charge in [0.05, 0.1) is 18.7 Å². The van der Waals surface area contributed by atoms with E-state index < -0.39 is 0 Å². The molecule has 0 aliphatic carbocycles. The predicted molar refractivity (Wildman–Crippen MR) is 133 cm³/mol. The minimum absolute atomic E-state index is 0.188. The molecule has 2 amide bonds. The molecule has 3 aromatic rings. The molecule has 8 nitrogen and oxygen atoms in total. The van der Waals surface area contributed by atoms with Crippen molar-refractivity contribution >= 4 is 17.7 Å². The monoisotopic (exact) mass is 477 g/mol. The van der Waals surface area contributed by atoms with E-state index in [1.807, 2.05) is 64.1 Å². The number of anilines is 1. The molecular weight excluding hydrogens is 446 g/mol. The van der Waals surface area contributed by atoms with E-state index in [1.165, 1.54) is 0 Å². The maximum atomic E-state index is 13.4. The predicted octanol–water partition coefficient (Wildman–Crippen LogP) is 5.39. The summed E-state index contributed by atoms with van der Waals surface area (Å²) in [6.45, 7) is 10.6. The Labute approximate surface area is 205 Å². The number of carbonyl (C=O) groups is 2. The maximum Gasteiger partial charge on any atom is 0.340 e. The molecule has 2 N–H and O–H groups in total. The van der Waals surface area contributed by atoms with E-state index in [0.717, 1.165) is 33.6 Å². The first-order valence-electron chi connectivity index (χ1n) is 11.6. The van der Waals surface area contributed by atoms with Gasteiger partial charge in [-0.1, -0.05) is 12.1 Å². The second-order valence-corrected chi connectivity index (χ2v) is 8.72. The molecule has 2 heterocycles. The van der Waals surface area contributed by atoms with Crippen LogP contribution < -0.4 is 14.8 Å². The number of aryl methyl sites for hydroxylation is 3. The van der Waals surface area contributed by atoms with E-state index in [1.54, 1.807) is 11.8 Å². The van der Waals surface area contributed by atoms with Gasteiger partial charge < -0.3 is 29.4 Å². The molecule has 35 heavy (non-hydrogen) atoms. The molecule has 8 heteroatoms. The maximum absolute atomic E-state index is 13.4. The second kappa shape index (κ2) is 10.1. The largest absolute Gasteiger partial charge is 0.462 e. The molecule has 0 saturated heterocycles. The highest BCUT2D eigenvalue weighted by atomic mass is 16.7. The number of ether oxygens (including phenoxy) is 3. The highest BCUT2D eigenvalue weighted by Gasteiger charge is 2.23. The zero-order valence-corrected chi connectivity index (χ0v) is 20.8. The Balaban J connectivity index is 1.62. The average Bonchev–Trinajstić information content (AvgIpc) is 3.39. The summed E-state index contributed by atoms with van der Waals surface area (Å²) in [5, 5.41) is 3.01. The lowest BCUT2D eigenvalue weighted by molar-refractivity contribution is 0.0525. The van der Waals surface area contributed by atoms with Gasteiger partial charge in [-0.2, -0.15) is 0 Å². The molecule has 0 unspecified atom stereocenters. The van der Waals surface area contributed by atoms with E-state index >= 15 is 0 Å². The van der Waals surface area contributed by atoms with Crippen LogP contribution in [-0.2, 0) is 17.8 Å². The van der Waals surface area contributed by atoms with Crippen LogP contribution in [0, 0.1) is 27.7 Å². The highest BCUT2D eigenvalue weighted by Crippen LogP contribution is 2.33. The van der Waals surface area contributed by atoms with E-state index in [2.05, 4.69) is 10.3 Å². The smallest absolute Gasteiger partial charge is 0.340 e. The number of aromatic amines is 1. The van der Waals surface area contributed by atoms with Crippen molar-refractivity contribution in [3.8, 4) is 11.5 Å². The Hall–Kier alpha value is -3.94. The number of hydrogen-bond acceptors (Lipinski definition) is 5. The summed E-state index contributed by atoms with van der Waals surface area (Å²) in [6.07, 6.45) is 0. The molecule has 0 bridgehead atoms. The van der Waals surface area contributed by atoms with Gasteiger partial charge in [0.1, 0.15) is 0 Å². The van der Waals surface area contributed by atoms with Crippen LogP contribution in [0.5, 0.6) is 11.5 Å². The summed E-state index contributed by atoms with van der Waals surface area (Å²) in [5.74, 6) is 0.982. The Morgan fingerprint density at radius 1 is 1.00 bits per heavy atom. The van der Waals surface area contributed by atoms with E-state index in [4.69, 9.17) is 14.2 Å². The minimum atomic E-state index is -0.369. The number of nitrogens with one attached hydrogen (secondary N) is 2. The van der Waals surface area contributed by atoms with Crippen molar-refractivity contribution in [2.75, 3.05) is 18.7 Å². The van der Waals surface area contributed by atoms with Crippen LogP contribution in [0.15, 0.2) is 36.4 Å². The minimum Gasteiger partial charge on any atom is -0.462 e. The lowest BCUT2D eigenvalue weighted by atomic mass is 10.1. The molecule has 0 atom stereocenters. The first kappa shape index (κ1) is 24.2. The third kappa shape index (κ3) is 5.26. The number of nitrogens with zero attached hydrogens (tertiary/aromatic N) is 1. The molecule has 0 fully saturated rings. The average molecular weight is 478 g/mol. The molecule has 0 spiro atoms. The van der Waals surface area contributed by atoms with Crippen molar-refractivity contribution in [2.45, 2.75) is 47.7 Å². The fourth-order valence-corrected chi connectivity index (χ4v) is 4.15. The number of hydrogen-bond donors (Lipinski definition) is 2. The van der Waals surface area contributed by atoms with E-state index in [-0.39, 0.29) is 25.3 Å². The van der Waals surface area contributed by atoms with Crippen LogP contribution in [0.4, 0.5) is 10.5 Å². The third-order valence-electron chi connectivity index (χ3n) is 6.23.